The zero-order valence-corrected chi connectivity index (χ0v) is 21.0. The number of halogens is 2. The lowest BCUT2D eigenvalue weighted by Gasteiger charge is -2.13. The van der Waals surface area contributed by atoms with E-state index in [2.05, 4.69) is 10.4 Å². The minimum Gasteiger partial charge on any atom is -0.497 e. The van der Waals surface area contributed by atoms with Gasteiger partial charge in [-0.05, 0) is 55.8 Å². The van der Waals surface area contributed by atoms with Crippen LogP contribution in [0.3, 0.4) is 0 Å². The highest BCUT2D eigenvalue weighted by Crippen LogP contribution is 2.32. The number of carbonyl (C=O) groups excluding carboxylic acids is 1. The zero-order chi connectivity index (χ0) is 26.3. The molecule has 5 rings (SSSR count). The average molecular weight is 527 g/mol. The molecule has 1 aliphatic heterocycles. The van der Waals surface area contributed by atoms with E-state index in [0.717, 1.165) is 12.1 Å². The number of nitrogens with zero attached hydrogens (tertiary/aromatic N) is 3. The summed E-state index contributed by atoms with van der Waals surface area (Å²) in [5, 5.41) is 7.62. The number of benzene rings is 2. The number of hydrogen-bond acceptors (Lipinski definition) is 6. The summed E-state index contributed by atoms with van der Waals surface area (Å²) in [5.41, 5.74) is 1.99. The summed E-state index contributed by atoms with van der Waals surface area (Å²) in [7, 11) is -1.65. The Balaban J connectivity index is 1.61. The Kier molecular flexibility index (Phi) is 6.40. The van der Waals surface area contributed by atoms with E-state index in [9.17, 15) is 22.0 Å². The van der Waals surface area contributed by atoms with Crippen molar-refractivity contribution >= 4 is 26.8 Å². The van der Waals surface area contributed by atoms with E-state index in [1.54, 1.807) is 49.0 Å². The lowest BCUT2D eigenvalue weighted by molar-refractivity contribution is 0.0952. The lowest BCUT2D eigenvalue weighted by atomic mass is 10.0. The zero-order valence-electron chi connectivity index (χ0n) is 20.2. The summed E-state index contributed by atoms with van der Waals surface area (Å²) in [6, 6.07) is 11.8. The van der Waals surface area contributed by atoms with Crippen LogP contribution in [0.1, 0.15) is 34.1 Å². The highest BCUT2D eigenvalue weighted by atomic mass is 32.2. The van der Waals surface area contributed by atoms with Gasteiger partial charge in [-0.1, -0.05) is 6.07 Å². The number of nitrogens with one attached hydrogen (secondary N) is 1. The Morgan fingerprint density at radius 1 is 1.16 bits per heavy atom. The molecule has 1 saturated heterocycles. The monoisotopic (exact) mass is 526 g/mol. The van der Waals surface area contributed by atoms with Crippen LogP contribution in [0.25, 0.3) is 22.3 Å². The van der Waals surface area contributed by atoms with E-state index >= 15 is 0 Å². The van der Waals surface area contributed by atoms with E-state index in [4.69, 9.17) is 9.72 Å². The highest BCUT2D eigenvalue weighted by molar-refractivity contribution is 7.91. The maximum absolute atomic E-state index is 14.1. The van der Waals surface area contributed by atoms with Crippen molar-refractivity contribution in [2.24, 2.45) is 0 Å². The quantitative estimate of drug-likeness (QED) is 0.408. The van der Waals surface area contributed by atoms with Gasteiger partial charge in [0, 0.05) is 17.7 Å². The number of pyridine rings is 1. The van der Waals surface area contributed by atoms with Gasteiger partial charge in [0.25, 0.3) is 5.91 Å². The Morgan fingerprint density at radius 2 is 1.86 bits per heavy atom. The van der Waals surface area contributed by atoms with Crippen LogP contribution >= 0.6 is 0 Å². The standard InChI is InChI=1S/C26H24F2N4O4S/c1-15-24-19(26(33)29-13-20-21(27)4-3-5-22(20)28)12-23(16-6-8-18(36-2)9-7-16)30-25(24)32(31-15)17-10-11-37(34,35)14-17/h3-9,12,17H,10-11,13-14H2,1-2H3,(H,29,33). The molecule has 2 aromatic heterocycles. The van der Waals surface area contributed by atoms with Gasteiger partial charge in [-0.15, -0.1) is 0 Å². The molecule has 1 N–H and O–H groups in total. The maximum atomic E-state index is 14.1. The first-order valence-electron chi connectivity index (χ1n) is 11.6. The number of fused-ring (bicyclic) bond motifs is 1. The van der Waals surface area contributed by atoms with Crippen molar-refractivity contribution in [3.8, 4) is 17.0 Å². The van der Waals surface area contributed by atoms with Gasteiger partial charge in [0.1, 0.15) is 17.4 Å². The summed E-state index contributed by atoms with van der Waals surface area (Å²) >= 11 is 0. The summed E-state index contributed by atoms with van der Waals surface area (Å²) in [5.74, 6) is -1.45. The molecule has 2 aromatic carbocycles. The van der Waals surface area contributed by atoms with Crippen molar-refractivity contribution in [2.75, 3.05) is 18.6 Å². The fourth-order valence-electron chi connectivity index (χ4n) is 4.59. The van der Waals surface area contributed by atoms with Gasteiger partial charge in [-0.3, -0.25) is 4.79 Å². The molecule has 0 saturated carbocycles. The first-order valence-corrected chi connectivity index (χ1v) is 13.4. The van der Waals surface area contributed by atoms with Crippen LogP contribution in [0.2, 0.25) is 0 Å². The van der Waals surface area contributed by atoms with E-state index in [0.29, 0.717) is 40.2 Å². The Hall–Kier alpha value is -3.86. The number of amides is 1. The van der Waals surface area contributed by atoms with E-state index in [1.807, 2.05) is 0 Å². The van der Waals surface area contributed by atoms with Crippen molar-refractivity contribution in [3.05, 3.63) is 77.0 Å². The Labute approximate surface area is 212 Å². The van der Waals surface area contributed by atoms with Gasteiger partial charge in [0.2, 0.25) is 0 Å². The van der Waals surface area contributed by atoms with Crippen LogP contribution in [-0.2, 0) is 16.4 Å². The number of hydrogen-bond donors (Lipinski definition) is 1. The molecule has 1 aliphatic rings. The lowest BCUT2D eigenvalue weighted by Crippen LogP contribution is -2.24. The van der Waals surface area contributed by atoms with Crippen molar-refractivity contribution in [1.82, 2.24) is 20.1 Å². The van der Waals surface area contributed by atoms with Crippen molar-refractivity contribution in [3.63, 3.8) is 0 Å². The van der Waals surface area contributed by atoms with Crippen LogP contribution in [-0.4, -0.2) is 47.7 Å². The van der Waals surface area contributed by atoms with Crippen LogP contribution in [0.4, 0.5) is 8.78 Å². The summed E-state index contributed by atoms with van der Waals surface area (Å²) in [6.45, 7) is 1.36. The Bertz CT molecular complexity index is 1600. The molecular weight excluding hydrogens is 502 g/mol. The van der Waals surface area contributed by atoms with Crippen LogP contribution < -0.4 is 10.1 Å². The molecular formula is C26H24F2N4O4S. The molecule has 3 heterocycles. The smallest absolute Gasteiger partial charge is 0.252 e. The van der Waals surface area contributed by atoms with E-state index < -0.39 is 33.4 Å². The average Bonchev–Trinajstić information content (AvgIpc) is 3.41. The second-order valence-corrected chi connectivity index (χ2v) is 11.2. The maximum Gasteiger partial charge on any atom is 0.252 e. The molecule has 4 aromatic rings. The minimum atomic E-state index is -3.20. The molecule has 0 radical (unpaired) electrons. The first kappa shape index (κ1) is 24.8. The molecule has 0 bridgehead atoms. The SMILES string of the molecule is COc1ccc(-c2cc(C(=O)NCc3c(F)cccc3F)c3c(C)nn(C4CCS(=O)(=O)C4)c3n2)cc1. The van der Waals surface area contributed by atoms with Crippen molar-refractivity contribution in [2.45, 2.75) is 25.9 Å². The number of rotatable bonds is 6. The number of aromatic nitrogens is 3. The van der Waals surface area contributed by atoms with E-state index in [1.165, 1.54) is 6.07 Å². The molecule has 37 heavy (non-hydrogen) atoms. The molecule has 8 nitrogen and oxygen atoms in total. The summed E-state index contributed by atoms with van der Waals surface area (Å²) in [4.78, 5) is 18.2. The topological polar surface area (TPSA) is 103 Å². The summed E-state index contributed by atoms with van der Waals surface area (Å²) < 4.78 is 59.4. The second-order valence-electron chi connectivity index (χ2n) is 8.95. The predicted octanol–water partition coefficient (Wildman–Crippen LogP) is 3.98. The molecule has 1 fully saturated rings. The third kappa shape index (κ3) is 4.78. The number of methoxy groups -OCH3 is 1. The van der Waals surface area contributed by atoms with Crippen molar-refractivity contribution < 1.29 is 26.7 Å². The number of carbonyl (C=O) groups is 1. The van der Waals surface area contributed by atoms with Gasteiger partial charge in [0.15, 0.2) is 15.5 Å². The van der Waals surface area contributed by atoms with Gasteiger partial charge in [-0.2, -0.15) is 5.10 Å². The van der Waals surface area contributed by atoms with Crippen LogP contribution in [0, 0.1) is 18.6 Å². The van der Waals surface area contributed by atoms with Gasteiger partial charge >= 0.3 is 0 Å². The highest BCUT2D eigenvalue weighted by Gasteiger charge is 2.32. The molecule has 0 spiro atoms. The molecule has 1 atom stereocenters. The predicted molar refractivity (Wildman–Crippen MR) is 134 cm³/mol. The minimum absolute atomic E-state index is 0.0534. The van der Waals surface area contributed by atoms with E-state index in [-0.39, 0.29) is 29.2 Å². The van der Waals surface area contributed by atoms with Crippen LogP contribution in [0.15, 0.2) is 48.5 Å². The largest absolute Gasteiger partial charge is 0.497 e. The molecule has 1 amide bonds. The third-order valence-corrected chi connectivity index (χ3v) is 8.26. The molecule has 1 unspecified atom stereocenters. The second kappa shape index (κ2) is 9.55. The normalized spacial score (nSPS) is 16.7. The molecule has 11 heteroatoms. The summed E-state index contributed by atoms with van der Waals surface area (Å²) in [6.07, 6.45) is 0.390. The van der Waals surface area contributed by atoms with Crippen LogP contribution in [0.5, 0.6) is 5.75 Å². The fraction of sp³-hybridized carbons (Fsp3) is 0.269. The third-order valence-electron chi connectivity index (χ3n) is 6.51. The molecule has 0 aliphatic carbocycles. The van der Waals surface area contributed by atoms with Crippen molar-refractivity contribution in [1.29, 1.82) is 0 Å². The number of ether oxygens (including phenoxy) is 1. The molecule has 192 valence electrons. The number of aryl methyl sites for hydroxylation is 1. The first-order chi connectivity index (χ1) is 17.7. The van der Waals surface area contributed by atoms with Gasteiger partial charge in [-0.25, -0.2) is 26.9 Å². The van der Waals surface area contributed by atoms with Gasteiger partial charge in [0.05, 0.1) is 47.0 Å². The number of sulfone groups is 1. The fourth-order valence-corrected chi connectivity index (χ4v) is 6.28. The van der Waals surface area contributed by atoms with Gasteiger partial charge < -0.3 is 10.1 Å². The Morgan fingerprint density at radius 3 is 2.49 bits per heavy atom.